The van der Waals surface area contributed by atoms with E-state index in [0.29, 0.717) is 27.2 Å². The van der Waals surface area contributed by atoms with Crippen molar-refractivity contribution in [2.24, 2.45) is 0 Å². The van der Waals surface area contributed by atoms with Gasteiger partial charge in [0.15, 0.2) is 5.82 Å². The molecular weight excluding hydrogens is 435 g/mol. The molecular formula is C23H20ClFN4O3. The lowest BCUT2D eigenvalue weighted by Gasteiger charge is -2.15. The smallest absolute Gasteiger partial charge is 0.350 e. The van der Waals surface area contributed by atoms with Crippen LogP contribution in [0.2, 0.25) is 5.02 Å². The Morgan fingerprint density at radius 3 is 2.50 bits per heavy atom. The zero-order chi connectivity index (χ0) is 23.2. The summed E-state index contributed by atoms with van der Waals surface area (Å²) in [5.74, 6) is -0.683. The minimum absolute atomic E-state index is 0.108. The topological polar surface area (TPSA) is 82.0 Å². The number of pyridine rings is 1. The van der Waals surface area contributed by atoms with Gasteiger partial charge in [-0.3, -0.25) is 13.9 Å². The Balaban J connectivity index is 2.07. The van der Waals surface area contributed by atoms with Crippen LogP contribution in [0.4, 0.5) is 4.39 Å². The van der Waals surface area contributed by atoms with Gasteiger partial charge in [0.2, 0.25) is 0 Å². The predicted octanol–water partition coefficient (Wildman–Crippen LogP) is 3.68. The number of allylic oxidation sites excluding steroid dienone is 1. The van der Waals surface area contributed by atoms with Crippen LogP contribution < -0.4 is 11.2 Å². The molecule has 0 radical (unpaired) electrons. The molecule has 1 N–H and O–H groups in total. The summed E-state index contributed by atoms with van der Waals surface area (Å²) >= 11 is 6.29. The molecule has 7 nitrogen and oxygen atoms in total. The summed E-state index contributed by atoms with van der Waals surface area (Å²) in [5, 5.41) is 14.5. The number of hydrogen-bond acceptors (Lipinski definition) is 4. The van der Waals surface area contributed by atoms with E-state index in [0.717, 1.165) is 10.7 Å². The van der Waals surface area contributed by atoms with Crippen molar-refractivity contribution in [2.45, 2.75) is 27.0 Å². The molecule has 2 aromatic heterocycles. The SMILES string of the molecule is C=C(C)c1cn(-c2ccccc2Cl)c(=O)c2cc(F)c(-n3nc(CO)n(CC)c3=O)cc12. The molecule has 2 heterocycles. The zero-order valence-corrected chi connectivity index (χ0v) is 18.2. The monoisotopic (exact) mass is 454 g/mol. The number of benzene rings is 2. The van der Waals surface area contributed by atoms with Crippen molar-refractivity contribution in [1.82, 2.24) is 18.9 Å². The molecule has 0 amide bonds. The fourth-order valence-corrected chi connectivity index (χ4v) is 3.93. The van der Waals surface area contributed by atoms with Gasteiger partial charge in [0.25, 0.3) is 5.56 Å². The lowest BCUT2D eigenvalue weighted by atomic mass is 10.0. The molecule has 0 bridgehead atoms. The standard InChI is InChI=1S/C23H20ClFN4O3/c1-4-27-21(12-30)26-29(23(27)32)20-10-14-15(9-18(20)25)22(31)28(11-16(14)13(2)3)19-8-6-5-7-17(19)24/h5-11,30H,2,4,12H2,1,3H3. The van der Waals surface area contributed by atoms with Gasteiger partial charge in [0, 0.05) is 18.3 Å². The van der Waals surface area contributed by atoms with E-state index in [9.17, 15) is 14.7 Å². The van der Waals surface area contributed by atoms with Crippen LogP contribution in [-0.2, 0) is 13.2 Å². The van der Waals surface area contributed by atoms with E-state index in [-0.39, 0.29) is 23.4 Å². The molecule has 0 atom stereocenters. The van der Waals surface area contributed by atoms with Crippen molar-refractivity contribution in [3.8, 4) is 11.4 Å². The molecule has 2 aromatic carbocycles. The quantitative estimate of drug-likeness (QED) is 0.498. The molecule has 0 aliphatic rings. The second-order valence-corrected chi connectivity index (χ2v) is 7.72. The van der Waals surface area contributed by atoms with Crippen LogP contribution in [0.5, 0.6) is 0 Å². The van der Waals surface area contributed by atoms with Crippen LogP contribution in [0.25, 0.3) is 27.7 Å². The highest BCUT2D eigenvalue weighted by Gasteiger charge is 2.20. The first-order valence-electron chi connectivity index (χ1n) is 9.88. The highest BCUT2D eigenvalue weighted by Crippen LogP contribution is 2.28. The Morgan fingerprint density at radius 2 is 1.91 bits per heavy atom. The van der Waals surface area contributed by atoms with Crippen LogP contribution in [0.3, 0.4) is 0 Å². The summed E-state index contributed by atoms with van der Waals surface area (Å²) < 4.78 is 18.7. The first-order valence-corrected chi connectivity index (χ1v) is 10.3. The third-order valence-electron chi connectivity index (χ3n) is 5.28. The molecule has 32 heavy (non-hydrogen) atoms. The van der Waals surface area contributed by atoms with Crippen molar-refractivity contribution >= 4 is 27.9 Å². The van der Waals surface area contributed by atoms with Gasteiger partial charge in [-0.2, -0.15) is 4.68 Å². The molecule has 0 spiro atoms. The fraction of sp³-hybridized carbons (Fsp3) is 0.174. The van der Waals surface area contributed by atoms with Gasteiger partial charge in [-0.1, -0.05) is 30.3 Å². The Bertz CT molecular complexity index is 1500. The minimum Gasteiger partial charge on any atom is -0.388 e. The van der Waals surface area contributed by atoms with E-state index in [2.05, 4.69) is 11.7 Å². The van der Waals surface area contributed by atoms with Crippen molar-refractivity contribution in [3.05, 3.63) is 92.2 Å². The molecule has 9 heteroatoms. The van der Waals surface area contributed by atoms with E-state index in [1.54, 1.807) is 44.3 Å². The van der Waals surface area contributed by atoms with E-state index < -0.39 is 23.7 Å². The Hall–Kier alpha value is -3.49. The summed E-state index contributed by atoms with van der Waals surface area (Å²) in [6.07, 6.45) is 1.60. The van der Waals surface area contributed by atoms with Gasteiger partial charge >= 0.3 is 5.69 Å². The number of aliphatic hydroxyl groups is 1. The summed E-state index contributed by atoms with van der Waals surface area (Å²) in [6, 6.07) is 9.34. The lowest BCUT2D eigenvalue weighted by Crippen LogP contribution is -2.25. The van der Waals surface area contributed by atoms with Crippen LogP contribution in [0.1, 0.15) is 25.2 Å². The van der Waals surface area contributed by atoms with Crippen LogP contribution in [0, 0.1) is 5.82 Å². The van der Waals surface area contributed by atoms with Crippen LogP contribution in [0.15, 0.2) is 58.8 Å². The van der Waals surface area contributed by atoms with Gasteiger partial charge in [-0.25, -0.2) is 9.18 Å². The van der Waals surface area contributed by atoms with Crippen molar-refractivity contribution in [2.75, 3.05) is 0 Å². The number of fused-ring (bicyclic) bond motifs is 1. The summed E-state index contributed by atoms with van der Waals surface area (Å²) in [6.45, 7) is 7.27. The van der Waals surface area contributed by atoms with Crippen LogP contribution >= 0.6 is 11.6 Å². The third kappa shape index (κ3) is 3.37. The highest BCUT2D eigenvalue weighted by molar-refractivity contribution is 6.32. The number of rotatable bonds is 5. The van der Waals surface area contributed by atoms with Crippen molar-refractivity contribution < 1.29 is 9.50 Å². The molecule has 0 unspecified atom stereocenters. The predicted molar refractivity (Wildman–Crippen MR) is 122 cm³/mol. The summed E-state index contributed by atoms with van der Waals surface area (Å²) in [5.41, 5.74) is 0.504. The molecule has 4 rings (SSSR count). The molecule has 4 aromatic rings. The molecule has 164 valence electrons. The Labute approximate surface area is 187 Å². The maximum atomic E-state index is 15.2. The van der Waals surface area contributed by atoms with E-state index in [1.165, 1.54) is 15.2 Å². The normalized spacial score (nSPS) is 11.3. The van der Waals surface area contributed by atoms with E-state index in [1.807, 2.05) is 0 Å². The molecule has 0 aliphatic carbocycles. The second-order valence-electron chi connectivity index (χ2n) is 7.31. The number of para-hydroxylation sites is 1. The van der Waals surface area contributed by atoms with E-state index >= 15 is 4.39 Å². The average Bonchev–Trinajstić information content (AvgIpc) is 3.09. The number of halogens is 2. The number of hydrogen-bond donors (Lipinski definition) is 1. The Morgan fingerprint density at radius 1 is 1.19 bits per heavy atom. The number of aliphatic hydroxyl groups excluding tert-OH is 1. The molecule has 0 saturated carbocycles. The maximum absolute atomic E-state index is 15.2. The van der Waals surface area contributed by atoms with E-state index in [4.69, 9.17) is 11.6 Å². The van der Waals surface area contributed by atoms with Crippen molar-refractivity contribution in [1.29, 1.82) is 0 Å². The maximum Gasteiger partial charge on any atom is 0.350 e. The van der Waals surface area contributed by atoms with Gasteiger partial charge < -0.3 is 5.11 Å². The molecule has 0 saturated heterocycles. The number of aromatic nitrogens is 4. The molecule has 0 fully saturated rings. The van der Waals surface area contributed by atoms with Crippen molar-refractivity contribution in [3.63, 3.8) is 0 Å². The zero-order valence-electron chi connectivity index (χ0n) is 17.5. The lowest BCUT2D eigenvalue weighted by molar-refractivity contribution is 0.264. The largest absolute Gasteiger partial charge is 0.388 e. The fourth-order valence-electron chi connectivity index (χ4n) is 3.71. The third-order valence-corrected chi connectivity index (χ3v) is 5.60. The first-order chi connectivity index (χ1) is 15.3. The Kier molecular flexibility index (Phi) is 5.58. The number of nitrogens with zero attached hydrogens (tertiary/aromatic N) is 4. The minimum atomic E-state index is -0.800. The summed E-state index contributed by atoms with van der Waals surface area (Å²) in [7, 11) is 0. The van der Waals surface area contributed by atoms with Gasteiger partial charge in [-0.15, -0.1) is 5.10 Å². The van der Waals surface area contributed by atoms with Gasteiger partial charge in [0.1, 0.15) is 18.1 Å². The first kappa shape index (κ1) is 21.7. The summed E-state index contributed by atoms with van der Waals surface area (Å²) in [4.78, 5) is 26.0. The molecule has 0 aliphatic heterocycles. The van der Waals surface area contributed by atoms with Gasteiger partial charge in [-0.05, 0) is 49.1 Å². The second kappa shape index (κ2) is 8.22. The average molecular weight is 455 g/mol. The highest BCUT2D eigenvalue weighted by atomic mass is 35.5. The van der Waals surface area contributed by atoms with Gasteiger partial charge in [0.05, 0.1) is 16.1 Å². The van der Waals surface area contributed by atoms with Crippen LogP contribution in [-0.4, -0.2) is 24.0 Å².